The number of carbonyl (C=O) groups is 1. The molecule has 1 unspecified atom stereocenters. The third-order valence-corrected chi connectivity index (χ3v) is 8.52. The lowest BCUT2D eigenvalue weighted by Gasteiger charge is -2.37. The molecule has 4 atom stereocenters. The zero-order valence-corrected chi connectivity index (χ0v) is 18.6. The van der Waals surface area contributed by atoms with E-state index in [1.807, 2.05) is 7.05 Å². The topological polar surface area (TPSA) is 70.4 Å². The summed E-state index contributed by atoms with van der Waals surface area (Å²) in [6, 6.07) is 1.39. The molecule has 166 valence electrons. The van der Waals surface area contributed by atoms with Gasteiger partial charge in [0.05, 0.1) is 0 Å². The second-order valence-corrected chi connectivity index (χ2v) is 10.7. The van der Waals surface area contributed by atoms with Crippen molar-refractivity contribution in [3.8, 4) is 0 Å². The van der Waals surface area contributed by atoms with Crippen LogP contribution in [0.1, 0.15) is 103 Å². The Bertz CT molecular complexity index is 543. The predicted molar refractivity (Wildman–Crippen MR) is 118 cm³/mol. The van der Waals surface area contributed by atoms with Crippen molar-refractivity contribution in [2.45, 2.75) is 127 Å². The minimum atomic E-state index is -0.425. The van der Waals surface area contributed by atoms with E-state index in [0.29, 0.717) is 12.0 Å². The maximum atomic E-state index is 13.3. The highest BCUT2D eigenvalue weighted by Crippen LogP contribution is 2.39. The van der Waals surface area contributed by atoms with Crippen molar-refractivity contribution in [3.63, 3.8) is 0 Å². The molecule has 0 bridgehead atoms. The average Bonchev–Trinajstić information content (AvgIpc) is 3.31. The van der Waals surface area contributed by atoms with Crippen LogP contribution >= 0.6 is 0 Å². The van der Waals surface area contributed by atoms with Gasteiger partial charge >= 0.3 is 0 Å². The maximum absolute atomic E-state index is 13.3. The Morgan fingerprint density at radius 3 is 2.31 bits per heavy atom. The summed E-state index contributed by atoms with van der Waals surface area (Å²) >= 11 is 0. The van der Waals surface area contributed by atoms with Gasteiger partial charge in [0.25, 0.3) is 0 Å². The van der Waals surface area contributed by atoms with Crippen LogP contribution in [0.25, 0.3) is 0 Å². The van der Waals surface area contributed by atoms with E-state index >= 15 is 0 Å². The Balaban J connectivity index is 1.38. The molecule has 5 nitrogen and oxygen atoms in total. The summed E-state index contributed by atoms with van der Waals surface area (Å²) < 4.78 is 0. The van der Waals surface area contributed by atoms with Crippen LogP contribution in [0.4, 0.5) is 0 Å². The maximum Gasteiger partial charge on any atom is 0.244 e. The molecule has 1 heterocycles. The van der Waals surface area contributed by atoms with Crippen LogP contribution in [0.3, 0.4) is 0 Å². The van der Waals surface area contributed by atoms with Gasteiger partial charge in [0.2, 0.25) is 5.91 Å². The fraction of sp³-hybridized carbons (Fsp3) is 0.958. The third-order valence-electron chi connectivity index (χ3n) is 8.52. The second-order valence-electron chi connectivity index (χ2n) is 10.7. The Labute approximate surface area is 177 Å². The molecule has 0 aromatic rings. The Morgan fingerprint density at radius 2 is 1.62 bits per heavy atom. The van der Waals surface area contributed by atoms with Gasteiger partial charge in [0, 0.05) is 19.1 Å². The molecule has 3 aliphatic carbocycles. The van der Waals surface area contributed by atoms with Gasteiger partial charge in [0.15, 0.2) is 0 Å². The van der Waals surface area contributed by atoms with Crippen LogP contribution in [0.5, 0.6) is 0 Å². The first-order valence-electron chi connectivity index (χ1n) is 12.6. The number of rotatable bonds is 7. The van der Waals surface area contributed by atoms with E-state index in [2.05, 4.69) is 10.6 Å². The number of hydrogen-bond donors (Lipinski definition) is 3. The first-order valence-corrected chi connectivity index (χ1v) is 12.6. The number of nitrogens with one attached hydrogen (secondary N) is 2. The van der Waals surface area contributed by atoms with Gasteiger partial charge in [-0.2, -0.15) is 0 Å². The molecule has 0 spiro atoms. The van der Waals surface area contributed by atoms with Crippen LogP contribution in [0.2, 0.25) is 0 Å². The van der Waals surface area contributed by atoms with E-state index in [9.17, 15) is 4.79 Å². The van der Waals surface area contributed by atoms with Gasteiger partial charge in [-0.15, -0.1) is 0 Å². The Hall–Kier alpha value is -0.650. The van der Waals surface area contributed by atoms with Crippen molar-refractivity contribution in [3.05, 3.63) is 0 Å². The van der Waals surface area contributed by atoms with Crippen molar-refractivity contribution in [2.75, 3.05) is 7.05 Å². The van der Waals surface area contributed by atoms with Crippen molar-refractivity contribution >= 4 is 5.91 Å². The van der Waals surface area contributed by atoms with E-state index in [0.717, 1.165) is 24.8 Å². The summed E-state index contributed by atoms with van der Waals surface area (Å²) in [5.41, 5.74) is 5.85. The average molecular weight is 405 g/mol. The quantitative estimate of drug-likeness (QED) is 0.602. The zero-order chi connectivity index (χ0) is 20.3. The molecule has 0 aromatic heterocycles. The highest BCUT2D eigenvalue weighted by molar-refractivity contribution is 5.88. The molecule has 3 saturated carbocycles. The number of carbonyl (C=O) groups excluding carboxylic acids is 1. The van der Waals surface area contributed by atoms with E-state index < -0.39 is 5.54 Å². The summed E-state index contributed by atoms with van der Waals surface area (Å²) in [7, 11) is 1.87. The molecule has 4 rings (SSSR count). The highest BCUT2D eigenvalue weighted by Gasteiger charge is 2.49. The van der Waals surface area contributed by atoms with E-state index in [-0.39, 0.29) is 12.2 Å². The summed E-state index contributed by atoms with van der Waals surface area (Å²) in [6.45, 7) is 0. The van der Waals surface area contributed by atoms with Gasteiger partial charge in [-0.05, 0) is 56.8 Å². The fourth-order valence-corrected chi connectivity index (χ4v) is 6.81. The predicted octanol–water partition coefficient (Wildman–Crippen LogP) is 3.87. The SMILES string of the molecule is CN1C(=O)[C@@](CCC2CCCCC2)(C[C@H]2CCC[C@@H](NC3CCCC3)C2)NC1N. The molecule has 4 aliphatic rings. The molecular formula is C24H44N4O. The molecular weight excluding hydrogens is 360 g/mol. The number of hydrogen-bond acceptors (Lipinski definition) is 4. The van der Waals surface area contributed by atoms with Crippen LogP contribution in [-0.2, 0) is 4.79 Å². The molecule has 5 heteroatoms. The zero-order valence-electron chi connectivity index (χ0n) is 18.6. The van der Waals surface area contributed by atoms with Gasteiger partial charge in [0.1, 0.15) is 11.8 Å². The second kappa shape index (κ2) is 9.65. The van der Waals surface area contributed by atoms with Crippen LogP contribution < -0.4 is 16.4 Å². The molecule has 1 amide bonds. The molecule has 29 heavy (non-hydrogen) atoms. The van der Waals surface area contributed by atoms with Crippen molar-refractivity contribution in [2.24, 2.45) is 17.6 Å². The van der Waals surface area contributed by atoms with Gasteiger partial charge in [-0.3, -0.25) is 15.8 Å². The summed E-state index contributed by atoms with van der Waals surface area (Å²) in [4.78, 5) is 15.1. The summed E-state index contributed by atoms with van der Waals surface area (Å²) in [6.07, 6.45) is 20.2. The smallest absolute Gasteiger partial charge is 0.244 e. The standard InChI is InChI=1S/C24H44N4O/c1-28-22(29)24(27-23(28)25,15-14-18-8-3-2-4-9-18)17-19-10-7-13-21(16-19)26-20-11-5-6-12-20/h18-21,23,26-27H,2-17,25H2,1H3/t19-,21+,23?,24+/m0/s1. The lowest BCUT2D eigenvalue weighted by atomic mass is 9.74. The van der Waals surface area contributed by atoms with Crippen LogP contribution in [-0.4, -0.2) is 41.8 Å². The van der Waals surface area contributed by atoms with Crippen molar-refractivity contribution in [1.29, 1.82) is 0 Å². The van der Waals surface area contributed by atoms with E-state index in [1.165, 1.54) is 89.9 Å². The van der Waals surface area contributed by atoms with E-state index in [1.54, 1.807) is 4.90 Å². The van der Waals surface area contributed by atoms with E-state index in [4.69, 9.17) is 5.73 Å². The van der Waals surface area contributed by atoms with Crippen LogP contribution in [0, 0.1) is 11.8 Å². The van der Waals surface area contributed by atoms with Gasteiger partial charge in [-0.25, -0.2) is 0 Å². The lowest BCUT2D eigenvalue weighted by molar-refractivity contribution is -0.133. The minimum Gasteiger partial charge on any atom is -0.316 e. The number of likely N-dealkylation sites (N-methyl/N-ethyl adjacent to an activating group) is 1. The number of nitrogens with two attached hydrogens (primary N) is 1. The van der Waals surface area contributed by atoms with Gasteiger partial charge in [-0.1, -0.05) is 57.8 Å². The Morgan fingerprint density at radius 1 is 0.966 bits per heavy atom. The molecule has 1 aliphatic heterocycles. The van der Waals surface area contributed by atoms with Gasteiger partial charge < -0.3 is 10.2 Å². The highest BCUT2D eigenvalue weighted by atomic mass is 16.2. The molecule has 1 saturated heterocycles. The fourth-order valence-electron chi connectivity index (χ4n) is 6.81. The number of amides is 1. The summed E-state index contributed by atoms with van der Waals surface area (Å²) in [5, 5.41) is 7.53. The lowest BCUT2D eigenvalue weighted by Crippen LogP contribution is -2.51. The summed E-state index contributed by atoms with van der Waals surface area (Å²) in [5.74, 6) is 1.68. The minimum absolute atomic E-state index is 0.242. The Kier molecular flexibility index (Phi) is 7.18. The first kappa shape index (κ1) is 21.6. The monoisotopic (exact) mass is 404 g/mol. The molecule has 4 N–H and O–H groups in total. The third kappa shape index (κ3) is 5.16. The largest absolute Gasteiger partial charge is 0.316 e. The van der Waals surface area contributed by atoms with Crippen LogP contribution in [0.15, 0.2) is 0 Å². The van der Waals surface area contributed by atoms with Crippen molar-refractivity contribution < 1.29 is 4.79 Å². The molecule has 4 fully saturated rings. The van der Waals surface area contributed by atoms with Crippen molar-refractivity contribution in [1.82, 2.24) is 15.5 Å². The number of nitrogens with zero attached hydrogens (tertiary/aromatic N) is 1. The molecule has 0 aromatic carbocycles. The normalized spacial score (nSPS) is 37.5. The first-order chi connectivity index (χ1) is 14.1. The molecule has 0 radical (unpaired) electrons.